The molecule has 0 aliphatic heterocycles. The highest BCUT2D eigenvalue weighted by Gasteiger charge is 2.10. The molecule has 0 bridgehead atoms. The maximum Gasteiger partial charge on any atom is 0.262 e. The number of ketones is 1. The number of carbonyl (C=O) groups is 2. The fourth-order valence-electron chi connectivity index (χ4n) is 2.13. The van der Waals surface area contributed by atoms with Gasteiger partial charge in [-0.1, -0.05) is 19.1 Å². The fraction of sp³-hybridized carbons (Fsp3) is 0.222. The van der Waals surface area contributed by atoms with Crippen molar-refractivity contribution in [2.24, 2.45) is 0 Å². The molecule has 1 amide bonds. The summed E-state index contributed by atoms with van der Waals surface area (Å²) < 4.78 is 10.6. The van der Waals surface area contributed by atoms with E-state index in [9.17, 15) is 9.59 Å². The minimum atomic E-state index is -0.340. The predicted molar refractivity (Wildman–Crippen MR) is 92.6 cm³/mol. The molecule has 0 aliphatic rings. The minimum absolute atomic E-state index is 0.00201. The van der Waals surface area contributed by atoms with Gasteiger partial charge in [-0.3, -0.25) is 9.59 Å². The van der Waals surface area contributed by atoms with E-state index in [4.69, 9.17) is 15.2 Å². The summed E-state index contributed by atoms with van der Waals surface area (Å²) in [6, 6.07) is 11.9. The molecule has 6 nitrogen and oxygen atoms in total. The second-order valence-electron chi connectivity index (χ2n) is 5.07. The lowest BCUT2D eigenvalue weighted by Gasteiger charge is -2.12. The van der Waals surface area contributed by atoms with Crippen molar-refractivity contribution in [2.45, 2.75) is 13.3 Å². The van der Waals surface area contributed by atoms with Crippen molar-refractivity contribution in [3.05, 3.63) is 48.0 Å². The van der Waals surface area contributed by atoms with Crippen molar-refractivity contribution in [3.63, 3.8) is 0 Å². The summed E-state index contributed by atoms with van der Waals surface area (Å²) in [5.41, 5.74) is 7.28. The van der Waals surface area contributed by atoms with Crippen LogP contribution in [0.4, 0.5) is 11.4 Å². The summed E-state index contributed by atoms with van der Waals surface area (Å²) in [5.74, 6) is 0.584. The normalized spacial score (nSPS) is 10.1. The smallest absolute Gasteiger partial charge is 0.262 e. The summed E-state index contributed by atoms with van der Waals surface area (Å²) >= 11 is 0. The molecular formula is C18H20N2O4. The Hall–Kier alpha value is -3.02. The van der Waals surface area contributed by atoms with Crippen molar-refractivity contribution in [2.75, 3.05) is 24.8 Å². The van der Waals surface area contributed by atoms with Crippen molar-refractivity contribution >= 4 is 23.1 Å². The number of hydrogen-bond acceptors (Lipinski definition) is 5. The highest BCUT2D eigenvalue weighted by Crippen LogP contribution is 2.24. The van der Waals surface area contributed by atoms with Crippen molar-refractivity contribution in [1.82, 2.24) is 0 Å². The van der Waals surface area contributed by atoms with Crippen LogP contribution in [0.15, 0.2) is 42.5 Å². The van der Waals surface area contributed by atoms with Gasteiger partial charge in [-0.05, 0) is 30.3 Å². The van der Waals surface area contributed by atoms with Gasteiger partial charge in [0.1, 0.15) is 11.5 Å². The molecule has 0 spiro atoms. The molecule has 0 unspecified atom stereocenters. The van der Waals surface area contributed by atoms with Crippen LogP contribution in [0.25, 0.3) is 0 Å². The lowest BCUT2D eigenvalue weighted by molar-refractivity contribution is -0.118. The number of carbonyl (C=O) groups excluding carboxylic acids is 2. The number of nitrogens with two attached hydrogens (primary N) is 1. The van der Waals surface area contributed by atoms with Crippen LogP contribution in [0.3, 0.4) is 0 Å². The van der Waals surface area contributed by atoms with E-state index in [0.29, 0.717) is 34.9 Å². The summed E-state index contributed by atoms with van der Waals surface area (Å²) in [6.07, 6.45) is 0.404. The number of amides is 1. The number of nitrogen functional groups attached to an aromatic ring is 1. The molecule has 0 fully saturated rings. The molecule has 0 aromatic heterocycles. The van der Waals surface area contributed by atoms with E-state index in [1.807, 2.05) is 6.07 Å². The van der Waals surface area contributed by atoms with Crippen molar-refractivity contribution in [3.8, 4) is 11.5 Å². The SMILES string of the molecule is CCC(=O)c1ccc(OCC(=O)Nc2ccccc2OC)c(N)c1. The Kier molecular flexibility index (Phi) is 5.78. The van der Waals surface area contributed by atoms with Crippen LogP contribution in [-0.4, -0.2) is 25.4 Å². The molecule has 0 saturated heterocycles. The average molecular weight is 328 g/mol. The van der Waals surface area contributed by atoms with Crippen LogP contribution >= 0.6 is 0 Å². The van der Waals surface area contributed by atoms with Crippen LogP contribution in [0.2, 0.25) is 0 Å². The quantitative estimate of drug-likeness (QED) is 0.602. The van der Waals surface area contributed by atoms with Crippen LogP contribution in [0, 0.1) is 0 Å². The maximum absolute atomic E-state index is 12.0. The van der Waals surface area contributed by atoms with Gasteiger partial charge < -0.3 is 20.5 Å². The minimum Gasteiger partial charge on any atom is -0.495 e. The number of ether oxygens (including phenoxy) is 2. The summed E-state index contributed by atoms with van der Waals surface area (Å²) in [6.45, 7) is 1.58. The molecule has 2 aromatic carbocycles. The number of methoxy groups -OCH3 is 1. The number of anilines is 2. The van der Waals surface area contributed by atoms with Crippen LogP contribution in [-0.2, 0) is 4.79 Å². The Morgan fingerprint density at radius 3 is 2.54 bits per heavy atom. The number of benzene rings is 2. The molecule has 0 saturated carbocycles. The molecule has 0 heterocycles. The Balaban J connectivity index is 1.98. The third kappa shape index (κ3) is 4.25. The molecule has 2 rings (SSSR count). The molecule has 0 atom stereocenters. The zero-order valence-corrected chi connectivity index (χ0v) is 13.7. The van der Waals surface area contributed by atoms with Gasteiger partial charge in [0.15, 0.2) is 12.4 Å². The standard InChI is InChI=1S/C18H20N2O4/c1-3-15(21)12-8-9-16(13(19)10-12)24-11-18(22)20-14-6-4-5-7-17(14)23-2/h4-10H,3,11,19H2,1-2H3,(H,20,22). The van der Waals surface area contributed by atoms with E-state index in [1.54, 1.807) is 43.3 Å². The average Bonchev–Trinajstić information content (AvgIpc) is 2.60. The zero-order valence-electron chi connectivity index (χ0n) is 13.7. The van der Waals surface area contributed by atoms with Crippen molar-refractivity contribution < 1.29 is 19.1 Å². The first kappa shape index (κ1) is 17.3. The monoisotopic (exact) mass is 328 g/mol. The third-order valence-electron chi connectivity index (χ3n) is 3.39. The third-order valence-corrected chi connectivity index (χ3v) is 3.39. The molecule has 126 valence electrons. The first-order chi connectivity index (χ1) is 11.5. The predicted octanol–water partition coefficient (Wildman–Crippen LogP) is 2.89. The van der Waals surface area contributed by atoms with E-state index in [1.165, 1.54) is 7.11 Å². The van der Waals surface area contributed by atoms with Gasteiger partial charge in [0, 0.05) is 12.0 Å². The van der Waals surface area contributed by atoms with Gasteiger partial charge in [0.05, 0.1) is 18.5 Å². The molecule has 0 aliphatic carbocycles. The van der Waals surface area contributed by atoms with Gasteiger partial charge in [0.2, 0.25) is 0 Å². The largest absolute Gasteiger partial charge is 0.495 e. The first-order valence-electron chi connectivity index (χ1n) is 7.53. The molecule has 3 N–H and O–H groups in total. The lowest BCUT2D eigenvalue weighted by atomic mass is 10.1. The maximum atomic E-state index is 12.0. The highest BCUT2D eigenvalue weighted by molar-refractivity contribution is 5.97. The number of para-hydroxylation sites is 2. The first-order valence-corrected chi connectivity index (χ1v) is 7.53. The molecular weight excluding hydrogens is 308 g/mol. The molecule has 0 radical (unpaired) electrons. The Bertz CT molecular complexity index is 744. The van der Waals surface area contributed by atoms with Crippen LogP contribution in [0.1, 0.15) is 23.7 Å². The Morgan fingerprint density at radius 2 is 1.88 bits per heavy atom. The summed E-state index contributed by atoms with van der Waals surface area (Å²) in [5, 5.41) is 2.71. The van der Waals surface area contributed by atoms with E-state index >= 15 is 0 Å². The number of nitrogens with one attached hydrogen (secondary N) is 1. The second-order valence-corrected chi connectivity index (χ2v) is 5.07. The van der Waals surface area contributed by atoms with E-state index in [0.717, 1.165) is 0 Å². The van der Waals surface area contributed by atoms with E-state index in [2.05, 4.69) is 5.32 Å². The molecule has 6 heteroatoms. The van der Waals surface area contributed by atoms with Gasteiger partial charge in [0.25, 0.3) is 5.91 Å². The second kappa shape index (κ2) is 8.01. The number of Topliss-reactive ketones (excluding diaryl/α,β-unsaturated/α-hetero) is 1. The fourth-order valence-corrected chi connectivity index (χ4v) is 2.13. The molecule has 24 heavy (non-hydrogen) atoms. The van der Waals surface area contributed by atoms with Gasteiger partial charge in [-0.2, -0.15) is 0 Å². The zero-order chi connectivity index (χ0) is 17.5. The van der Waals surface area contributed by atoms with Crippen LogP contribution in [0.5, 0.6) is 11.5 Å². The van der Waals surface area contributed by atoms with Crippen molar-refractivity contribution in [1.29, 1.82) is 0 Å². The Morgan fingerprint density at radius 1 is 1.12 bits per heavy atom. The van der Waals surface area contributed by atoms with Gasteiger partial charge >= 0.3 is 0 Å². The Labute approximate surface area is 140 Å². The van der Waals surface area contributed by atoms with Gasteiger partial charge in [-0.15, -0.1) is 0 Å². The number of rotatable bonds is 7. The molecule has 2 aromatic rings. The lowest BCUT2D eigenvalue weighted by Crippen LogP contribution is -2.20. The van der Waals surface area contributed by atoms with Crippen LogP contribution < -0.4 is 20.5 Å². The number of hydrogen-bond donors (Lipinski definition) is 2. The summed E-state index contributed by atoms with van der Waals surface area (Å²) in [4.78, 5) is 23.6. The van der Waals surface area contributed by atoms with Gasteiger partial charge in [-0.25, -0.2) is 0 Å². The highest BCUT2D eigenvalue weighted by atomic mass is 16.5. The topological polar surface area (TPSA) is 90.7 Å². The van der Waals surface area contributed by atoms with E-state index < -0.39 is 0 Å². The van der Waals surface area contributed by atoms with E-state index in [-0.39, 0.29) is 18.3 Å². The summed E-state index contributed by atoms with van der Waals surface area (Å²) in [7, 11) is 1.53.